The van der Waals surface area contributed by atoms with Crippen LogP contribution in [0.2, 0.25) is 0 Å². The molecule has 5 aromatic rings. The first kappa shape index (κ1) is 23.4. The average Bonchev–Trinajstić information content (AvgIpc) is 3.49. The molecular weight excluding hydrogens is 454 g/mol. The van der Waals surface area contributed by atoms with Crippen LogP contribution in [-0.4, -0.2) is 31.9 Å². The van der Waals surface area contributed by atoms with Gasteiger partial charge in [-0.1, -0.05) is 19.9 Å². The van der Waals surface area contributed by atoms with E-state index >= 15 is 0 Å². The highest BCUT2D eigenvalue weighted by Gasteiger charge is 2.19. The van der Waals surface area contributed by atoms with Gasteiger partial charge < -0.3 is 20.0 Å². The molecule has 0 aliphatic rings. The fourth-order valence-corrected chi connectivity index (χ4v) is 4.53. The highest BCUT2D eigenvalue weighted by atomic mass is 16.5. The molecule has 0 unspecified atom stereocenters. The van der Waals surface area contributed by atoms with Gasteiger partial charge in [0.1, 0.15) is 17.8 Å². The number of imidazole rings is 1. The minimum atomic E-state index is -0.306. The third-order valence-electron chi connectivity index (χ3n) is 6.30. The lowest BCUT2D eigenvalue weighted by atomic mass is 10.0. The summed E-state index contributed by atoms with van der Waals surface area (Å²) >= 11 is 0. The van der Waals surface area contributed by atoms with E-state index < -0.39 is 0 Å². The molecule has 1 aromatic carbocycles. The van der Waals surface area contributed by atoms with Crippen LogP contribution in [0.4, 0.5) is 0 Å². The van der Waals surface area contributed by atoms with Gasteiger partial charge in [0.2, 0.25) is 0 Å². The van der Waals surface area contributed by atoms with Gasteiger partial charge in [0.15, 0.2) is 0 Å². The topological polar surface area (TPSA) is 104 Å². The van der Waals surface area contributed by atoms with Crippen LogP contribution in [0.1, 0.15) is 54.1 Å². The van der Waals surface area contributed by atoms with Crippen LogP contribution in [0.3, 0.4) is 0 Å². The summed E-state index contributed by atoms with van der Waals surface area (Å²) in [6.45, 7) is 8.28. The van der Waals surface area contributed by atoms with Crippen molar-refractivity contribution < 1.29 is 9.53 Å². The number of amides is 1. The molecule has 0 atom stereocenters. The predicted molar refractivity (Wildman–Crippen MR) is 141 cm³/mol. The number of hydrogen-bond donors (Lipinski definition) is 3. The third kappa shape index (κ3) is 4.26. The molecule has 3 N–H and O–H groups in total. The first-order chi connectivity index (χ1) is 17.4. The second-order valence-electron chi connectivity index (χ2n) is 9.19. The minimum Gasteiger partial charge on any atom is -0.493 e. The third-order valence-corrected chi connectivity index (χ3v) is 6.30. The summed E-state index contributed by atoms with van der Waals surface area (Å²) in [4.78, 5) is 36.7. The van der Waals surface area contributed by atoms with Crippen LogP contribution in [0.5, 0.6) is 5.75 Å². The van der Waals surface area contributed by atoms with E-state index in [1.54, 1.807) is 19.3 Å². The summed E-state index contributed by atoms with van der Waals surface area (Å²) in [5, 5.41) is 4.01. The van der Waals surface area contributed by atoms with Crippen molar-refractivity contribution in [3.05, 3.63) is 88.0 Å². The van der Waals surface area contributed by atoms with Crippen LogP contribution in [0.15, 0.2) is 59.8 Å². The fraction of sp³-hybridized carbons (Fsp3) is 0.250. The summed E-state index contributed by atoms with van der Waals surface area (Å²) < 4.78 is 7.46. The highest BCUT2D eigenvalue weighted by molar-refractivity contribution is 5.96. The normalized spacial score (nSPS) is 11.5. The maximum atomic E-state index is 13.5. The molecule has 0 bridgehead atoms. The van der Waals surface area contributed by atoms with E-state index in [1.165, 1.54) is 0 Å². The van der Waals surface area contributed by atoms with Crippen molar-refractivity contribution in [3.63, 3.8) is 0 Å². The predicted octanol–water partition coefficient (Wildman–Crippen LogP) is 4.93. The molecule has 0 aliphatic heterocycles. The van der Waals surface area contributed by atoms with Crippen molar-refractivity contribution in [3.8, 4) is 16.9 Å². The van der Waals surface area contributed by atoms with Crippen LogP contribution < -0.4 is 15.6 Å². The van der Waals surface area contributed by atoms with E-state index in [-0.39, 0.29) is 23.9 Å². The summed E-state index contributed by atoms with van der Waals surface area (Å²) in [7, 11) is 0. The van der Waals surface area contributed by atoms with Crippen molar-refractivity contribution >= 4 is 22.3 Å². The number of aromatic amines is 2. The van der Waals surface area contributed by atoms with E-state index in [1.807, 2.05) is 41.8 Å². The largest absolute Gasteiger partial charge is 0.493 e. The molecule has 0 spiro atoms. The molecule has 0 aliphatic carbocycles. The summed E-state index contributed by atoms with van der Waals surface area (Å²) in [5.74, 6) is 0.357. The van der Waals surface area contributed by atoms with Crippen molar-refractivity contribution in [1.82, 2.24) is 24.7 Å². The number of aryl methyl sites for hydroxylation is 1. The Labute approximate surface area is 208 Å². The van der Waals surface area contributed by atoms with Crippen LogP contribution in [0.25, 0.3) is 27.5 Å². The zero-order valence-electron chi connectivity index (χ0n) is 20.8. The summed E-state index contributed by atoms with van der Waals surface area (Å²) in [6, 6.07) is 13.9. The van der Waals surface area contributed by atoms with Gasteiger partial charge in [-0.25, -0.2) is 4.98 Å². The second-order valence-corrected chi connectivity index (χ2v) is 9.19. The molecule has 36 heavy (non-hydrogen) atoms. The Morgan fingerprint density at radius 3 is 2.75 bits per heavy atom. The first-order valence-corrected chi connectivity index (χ1v) is 12.1. The second kappa shape index (κ2) is 9.37. The number of benzene rings is 1. The molecule has 0 saturated carbocycles. The van der Waals surface area contributed by atoms with E-state index in [9.17, 15) is 9.59 Å². The number of hydrogen-bond acceptors (Lipinski definition) is 4. The van der Waals surface area contributed by atoms with Gasteiger partial charge in [0.05, 0.1) is 29.9 Å². The molecule has 0 fully saturated rings. The molecule has 0 radical (unpaired) electrons. The van der Waals surface area contributed by atoms with Crippen molar-refractivity contribution in [2.75, 3.05) is 6.61 Å². The Morgan fingerprint density at radius 2 is 1.97 bits per heavy atom. The zero-order chi connectivity index (χ0) is 25.4. The number of carbonyl (C=O) groups is 1. The zero-order valence-corrected chi connectivity index (χ0v) is 20.8. The fourth-order valence-electron chi connectivity index (χ4n) is 4.53. The molecule has 184 valence electrons. The van der Waals surface area contributed by atoms with Crippen molar-refractivity contribution in [2.45, 2.75) is 40.2 Å². The number of ether oxygens (including phenoxy) is 1. The lowest BCUT2D eigenvalue weighted by Gasteiger charge is -2.13. The number of aromatic nitrogens is 4. The Bertz CT molecular complexity index is 1640. The van der Waals surface area contributed by atoms with Crippen LogP contribution in [-0.2, 0) is 6.54 Å². The van der Waals surface area contributed by atoms with Crippen molar-refractivity contribution in [2.24, 2.45) is 0 Å². The van der Waals surface area contributed by atoms with E-state index in [0.717, 1.165) is 33.2 Å². The SMILES string of the molecule is CCOc1cc(C)[nH]c(=O)c1CNC(=O)c1cc(-c2ccc3[nH]ccc3c2)cc2c(C(C)C)ncn12. The van der Waals surface area contributed by atoms with Gasteiger partial charge in [-0.3, -0.25) is 14.0 Å². The maximum Gasteiger partial charge on any atom is 0.268 e. The van der Waals surface area contributed by atoms with Gasteiger partial charge in [0, 0.05) is 17.4 Å². The van der Waals surface area contributed by atoms with E-state index in [0.29, 0.717) is 29.3 Å². The molecule has 4 heterocycles. The quantitative estimate of drug-likeness (QED) is 0.305. The van der Waals surface area contributed by atoms with Gasteiger partial charge in [-0.05, 0) is 72.7 Å². The first-order valence-electron chi connectivity index (χ1n) is 12.1. The lowest BCUT2D eigenvalue weighted by Crippen LogP contribution is -2.29. The van der Waals surface area contributed by atoms with E-state index in [4.69, 9.17) is 4.74 Å². The summed E-state index contributed by atoms with van der Waals surface area (Å²) in [5.41, 5.74) is 6.02. The number of carbonyl (C=O) groups excluding carboxylic acids is 1. The minimum absolute atomic E-state index is 0.0382. The number of nitrogens with one attached hydrogen (secondary N) is 3. The monoisotopic (exact) mass is 483 g/mol. The average molecular weight is 484 g/mol. The molecular formula is C28H29N5O3. The van der Waals surface area contributed by atoms with Crippen LogP contribution >= 0.6 is 0 Å². The number of H-pyrrole nitrogens is 2. The van der Waals surface area contributed by atoms with Crippen molar-refractivity contribution in [1.29, 1.82) is 0 Å². The number of nitrogens with zero attached hydrogens (tertiary/aromatic N) is 2. The maximum absolute atomic E-state index is 13.5. The standard InChI is InChI=1S/C28H29N5O3/c1-5-36-25-10-17(4)32-27(34)21(25)14-30-28(35)24-13-20(12-23-26(16(2)3)31-15-33(23)24)18-6-7-22-19(11-18)8-9-29-22/h6-13,15-16,29H,5,14H2,1-4H3,(H,30,35)(H,32,34). The van der Waals surface area contributed by atoms with Gasteiger partial charge >= 0.3 is 0 Å². The summed E-state index contributed by atoms with van der Waals surface area (Å²) in [6.07, 6.45) is 3.59. The molecule has 0 saturated heterocycles. The van der Waals surface area contributed by atoms with Gasteiger partial charge in [-0.15, -0.1) is 0 Å². The Kier molecular flexibility index (Phi) is 6.10. The molecule has 8 nitrogen and oxygen atoms in total. The molecule has 5 rings (SSSR count). The highest BCUT2D eigenvalue weighted by Crippen LogP contribution is 2.29. The Balaban J connectivity index is 1.56. The molecule has 1 amide bonds. The lowest BCUT2D eigenvalue weighted by molar-refractivity contribution is 0.0944. The Morgan fingerprint density at radius 1 is 1.14 bits per heavy atom. The molecule has 8 heteroatoms. The van der Waals surface area contributed by atoms with E-state index in [2.05, 4.69) is 46.2 Å². The number of rotatable bonds is 7. The number of fused-ring (bicyclic) bond motifs is 2. The van der Waals surface area contributed by atoms with Gasteiger partial charge in [0.25, 0.3) is 11.5 Å². The van der Waals surface area contributed by atoms with Crippen LogP contribution in [0, 0.1) is 6.92 Å². The number of pyridine rings is 2. The molecule has 4 aromatic heterocycles. The smallest absolute Gasteiger partial charge is 0.268 e. The van der Waals surface area contributed by atoms with Gasteiger partial charge in [-0.2, -0.15) is 0 Å². The Hall–Kier alpha value is -4.33.